The van der Waals surface area contributed by atoms with Crippen LogP contribution in [0.4, 0.5) is 5.95 Å². The van der Waals surface area contributed by atoms with E-state index in [1.54, 1.807) is 0 Å². The van der Waals surface area contributed by atoms with Crippen LogP contribution in [-0.4, -0.2) is 39.3 Å². The number of hydrogen-bond donors (Lipinski definition) is 1. The fourth-order valence-electron chi connectivity index (χ4n) is 2.08. The maximum Gasteiger partial charge on any atom is 0.231 e. The van der Waals surface area contributed by atoms with E-state index in [9.17, 15) is 5.11 Å². The third kappa shape index (κ3) is 3.18. The smallest absolute Gasteiger partial charge is 0.231 e. The van der Waals surface area contributed by atoms with E-state index in [2.05, 4.69) is 15.0 Å². The van der Waals surface area contributed by atoms with Gasteiger partial charge in [0.1, 0.15) is 0 Å². The topological polar surface area (TPSA) is 62.1 Å². The van der Waals surface area contributed by atoms with E-state index in [4.69, 9.17) is 23.2 Å². The molecule has 1 atom stereocenters. The van der Waals surface area contributed by atoms with Gasteiger partial charge in [-0.05, 0) is 36.0 Å². The molecule has 2 heterocycles. The zero-order valence-corrected chi connectivity index (χ0v) is 10.8. The van der Waals surface area contributed by atoms with Crippen LogP contribution in [0.5, 0.6) is 0 Å². The van der Waals surface area contributed by atoms with Gasteiger partial charge in [0.2, 0.25) is 16.5 Å². The lowest BCUT2D eigenvalue weighted by Crippen LogP contribution is -2.38. The van der Waals surface area contributed by atoms with Gasteiger partial charge in [0.25, 0.3) is 0 Å². The summed E-state index contributed by atoms with van der Waals surface area (Å²) in [4.78, 5) is 13.8. The van der Waals surface area contributed by atoms with Crippen molar-refractivity contribution >= 4 is 29.2 Å². The highest BCUT2D eigenvalue weighted by Gasteiger charge is 2.23. The number of aliphatic hydroxyl groups is 1. The number of hydrogen-bond acceptors (Lipinski definition) is 5. The van der Waals surface area contributed by atoms with Crippen LogP contribution in [0.2, 0.25) is 10.6 Å². The first-order chi connectivity index (χ1) is 8.20. The summed E-state index contributed by atoms with van der Waals surface area (Å²) in [6, 6.07) is 0.0343. The first-order valence-electron chi connectivity index (χ1n) is 5.65. The van der Waals surface area contributed by atoms with Crippen molar-refractivity contribution in [2.24, 2.45) is 0 Å². The molecule has 94 valence electrons. The Hall–Kier alpha value is -0.650. The third-order valence-corrected chi connectivity index (χ3v) is 3.25. The normalized spacial score (nSPS) is 21.4. The Morgan fingerprint density at radius 2 is 1.82 bits per heavy atom. The minimum Gasteiger partial charge on any atom is -0.394 e. The zero-order chi connectivity index (χ0) is 12.3. The molecular weight excluding hydrogens is 263 g/mol. The molecular formula is C10H14Cl2N4O. The molecule has 0 saturated carbocycles. The zero-order valence-electron chi connectivity index (χ0n) is 9.31. The Kier molecular flexibility index (Phi) is 4.36. The van der Waals surface area contributed by atoms with Crippen LogP contribution in [0.15, 0.2) is 0 Å². The van der Waals surface area contributed by atoms with Gasteiger partial charge in [0.05, 0.1) is 12.6 Å². The van der Waals surface area contributed by atoms with E-state index in [0.29, 0.717) is 5.95 Å². The van der Waals surface area contributed by atoms with Crippen molar-refractivity contribution in [2.75, 3.05) is 18.1 Å². The van der Waals surface area contributed by atoms with Crippen molar-refractivity contribution in [3.63, 3.8) is 0 Å². The van der Waals surface area contributed by atoms with Gasteiger partial charge in [0.15, 0.2) is 0 Å². The van der Waals surface area contributed by atoms with Crippen molar-refractivity contribution in [3.8, 4) is 0 Å². The number of aromatic nitrogens is 3. The van der Waals surface area contributed by atoms with E-state index in [0.717, 1.165) is 32.2 Å². The first-order valence-corrected chi connectivity index (χ1v) is 6.41. The Bertz CT molecular complexity index is 370. The highest BCUT2D eigenvalue weighted by Crippen LogP contribution is 2.22. The van der Waals surface area contributed by atoms with Gasteiger partial charge in [-0.25, -0.2) is 0 Å². The molecule has 0 amide bonds. The van der Waals surface area contributed by atoms with Gasteiger partial charge >= 0.3 is 0 Å². The molecule has 2 rings (SSSR count). The fraction of sp³-hybridized carbons (Fsp3) is 0.700. The molecule has 1 unspecified atom stereocenters. The van der Waals surface area contributed by atoms with Crippen molar-refractivity contribution in [1.29, 1.82) is 0 Å². The highest BCUT2D eigenvalue weighted by atomic mass is 35.5. The second kappa shape index (κ2) is 5.80. The Morgan fingerprint density at radius 1 is 1.12 bits per heavy atom. The van der Waals surface area contributed by atoms with Gasteiger partial charge in [-0.3, -0.25) is 0 Å². The molecule has 17 heavy (non-hydrogen) atoms. The van der Waals surface area contributed by atoms with Crippen LogP contribution in [0.25, 0.3) is 0 Å². The predicted molar refractivity (Wildman–Crippen MR) is 66.5 cm³/mol. The maximum atomic E-state index is 9.41. The van der Waals surface area contributed by atoms with Gasteiger partial charge < -0.3 is 10.0 Å². The Morgan fingerprint density at radius 3 is 2.47 bits per heavy atom. The maximum absolute atomic E-state index is 9.41. The van der Waals surface area contributed by atoms with E-state index in [1.807, 2.05) is 4.90 Å². The predicted octanol–water partition coefficient (Wildman–Crippen LogP) is 1.92. The van der Waals surface area contributed by atoms with Crippen molar-refractivity contribution in [2.45, 2.75) is 31.7 Å². The van der Waals surface area contributed by atoms with Crippen molar-refractivity contribution in [3.05, 3.63) is 10.6 Å². The quantitative estimate of drug-likeness (QED) is 0.894. The lowest BCUT2D eigenvalue weighted by molar-refractivity contribution is 0.254. The summed E-state index contributed by atoms with van der Waals surface area (Å²) in [6.07, 6.45) is 4.24. The molecule has 7 heteroatoms. The summed E-state index contributed by atoms with van der Waals surface area (Å²) >= 11 is 11.5. The van der Waals surface area contributed by atoms with Crippen LogP contribution >= 0.6 is 23.2 Å². The van der Waals surface area contributed by atoms with Crippen LogP contribution in [0.1, 0.15) is 25.7 Å². The van der Waals surface area contributed by atoms with Gasteiger partial charge in [-0.1, -0.05) is 12.8 Å². The van der Waals surface area contributed by atoms with Crippen LogP contribution in [0, 0.1) is 0 Å². The summed E-state index contributed by atoms with van der Waals surface area (Å²) in [5.41, 5.74) is 0. The van der Waals surface area contributed by atoms with Gasteiger partial charge in [0, 0.05) is 6.54 Å². The SMILES string of the molecule is OCC1CCCCCN1c1nc(Cl)nc(Cl)n1. The monoisotopic (exact) mass is 276 g/mol. The largest absolute Gasteiger partial charge is 0.394 e. The standard InChI is InChI=1S/C10H14Cl2N4O/c11-8-13-9(12)15-10(14-8)16-5-3-1-2-4-7(16)6-17/h7,17H,1-6H2. The Labute approximate surface area is 110 Å². The minimum atomic E-state index is 0.0343. The van der Waals surface area contributed by atoms with Gasteiger partial charge in [-0.2, -0.15) is 15.0 Å². The molecule has 0 bridgehead atoms. The average molecular weight is 277 g/mol. The Balaban J connectivity index is 2.27. The molecule has 1 aromatic rings. The summed E-state index contributed by atoms with van der Waals surface area (Å²) in [5.74, 6) is 0.455. The van der Waals surface area contributed by atoms with Gasteiger partial charge in [-0.15, -0.1) is 0 Å². The molecule has 0 aromatic carbocycles. The molecule has 0 radical (unpaired) electrons. The molecule has 1 fully saturated rings. The summed E-state index contributed by atoms with van der Waals surface area (Å²) in [7, 11) is 0. The molecule has 1 aromatic heterocycles. The average Bonchev–Trinajstić information content (AvgIpc) is 2.52. The van der Waals surface area contributed by atoms with Crippen molar-refractivity contribution < 1.29 is 5.11 Å². The fourth-order valence-corrected chi connectivity index (χ4v) is 2.43. The van der Waals surface area contributed by atoms with Crippen molar-refractivity contribution in [1.82, 2.24) is 15.0 Å². The summed E-state index contributed by atoms with van der Waals surface area (Å²) in [6.45, 7) is 0.892. The van der Waals surface area contributed by atoms with E-state index in [1.165, 1.54) is 0 Å². The number of aliphatic hydroxyl groups excluding tert-OH is 1. The first kappa shape index (κ1) is 12.8. The third-order valence-electron chi connectivity index (χ3n) is 2.91. The highest BCUT2D eigenvalue weighted by molar-refractivity contribution is 6.31. The summed E-state index contributed by atoms with van der Waals surface area (Å²) in [5, 5.41) is 9.58. The second-order valence-electron chi connectivity index (χ2n) is 4.05. The molecule has 1 saturated heterocycles. The number of anilines is 1. The van der Waals surface area contributed by atoms with E-state index >= 15 is 0 Å². The minimum absolute atomic E-state index is 0.0343. The number of rotatable bonds is 2. The number of nitrogens with zero attached hydrogens (tertiary/aromatic N) is 4. The molecule has 5 nitrogen and oxygen atoms in total. The van der Waals surface area contributed by atoms with E-state index < -0.39 is 0 Å². The van der Waals surface area contributed by atoms with E-state index in [-0.39, 0.29) is 23.2 Å². The number of halogens is 2. The lowest BCUT2D eigenvalue weighted by atomic mass is 10.1. The molecule has 0 spiro atoms. The lowest BCUT2D eigenvalue weighted by Gasteiger charge is -2.28. The van der Waals surface area contributed by atoms with Crippen LogP contribution < -0.4 is 4.90 Å². The van der Waals surface area contributed by atoms with Crippen LogP contribution in [-0.2, 0) is 0 Å². The molecule has 1 aliphatic heterocycles. The van der Waals surface area contributed by atoms with Crippen LogP contribution in [0.3, 0.4) is 0 Å². The second-order valence-corrected chi connectivity index (χ2v) is 4.73. The molecule has 1 aliphatic rings. The molecule has 1 N–H and O–H groups in total. The molecule has 0 aliphatic carbocycles. The summed E-state index contributed by atoms with van der Waals surface area (Å²) < 4.78 is 0.